The maximum absolute atomic E-state index is 11.8. The lowest BCUT2D eigenvalue weighted by molar-refractivity contribution is 0.0949. The number of benzene rings is 1. The number of hydrogen-bond acceptors (Lipinski definition) is 2. The molecule has 3 N–H and O–H groups in total. The molecule has 1 aliphatic carbocycles. The van der Waals surface area contributed by atoms with Gasteiger partial charge in [0.1, 0.15) is 0 Å². The molecule has 1 saturated carbocycles. The van der Waals surface area contributed by atoms with E-state index in [1.807, 2.05) is 24.3 Å². The zero-order valence-corrected chi connectivity index (χ0v) is 10.1. The minimum absolute atomic E-state index is 0.0212. The van der Waals surface area contributed by atoms with Crippen LogP contribution in [0.5, 0.6) is 0 Å². The number of nitrogens with two attached hydrogens (primary N) is 1. The zero-order valence-electron chi connectivity index (χ0n) is 10.1. The maximum atomic E-state index is 11.8. The molecule has 0 radical (unpaired) electrons. The van der Waals surface area contributed by atoms with Crippen molar-refractivity contribution < 1.29 is 4.79 Å². The molecule has 0 atom stereocenters. The lowest BCUT2D eigenvalue weighted by Crippen LogP contribution is -2.27. The summed E-state index contributed by atoms with van der Waals surface area (Å²) in [5, 5.41) is 2.97. The number of carbonyl (C=O) groups excluding carboxylic acids is 1. The molecule has 3 nitrogen and oxygen atoms in total. The Balaban J connectivity index is 1.77. The Hall–Kier alpha value is -1.35. The van der Waals surface area contributed by atoms with Crippen molar-refractivity contribution in [3.05, 3.63) is 35.4 Å². The second-order valence-corrected chi connectivity index (χ2v) is 4.74. The largest absolute Gasteiger partial charge is 0.352 e. The van der Waals surface area contributed by atoms with Crippen molar-refractivity contribution >= 4 is 5.91 Å². The number of hydrogen-bond donors (Lipinski definition) is 2. The molecule has 17 heavy (non-hydrogen) atoms. The van der Waals surface area contributed by atoms with Gasteiger partial charge in [-0.25, -0.2) is 0 Å². The minimum atomic E-state index is 0.0212. The van der Waals surface area contributed by atoms with Gasteiger partial charge in [0.25, 0.3) is 5.91 Å². The molecule has 3 heteroatoms. The Bertz CT molecular complexity index is 368. The fraction of sp³-hybridized carbons (Fsp3) is 0.500. The van der Waals surface area contributed by atoms with Gasteiger partial charge in [0.2, 0.25) is 0 Å². The average molecular weight is 232 g/mol. The normalized spacial score (nSPS) is 15.4. The van der Waals surface area contributed by atoms with Crippen LogP contribution >= 0.6 is 0 Å². The summed E-state index contributed by atoms with van der Waals surface area (Å²) in [7, 11) is 0. The summed E-state index contributed by atoms with van der Waals surface area (Å²) in [4.78, 5) is 11.8. The van der Waals surface area contributed by atoms with Crippen molar-refractivity contribution in [1.29, 1.82) is 0 Å². The summed E-state index contributed by atoms with van der Waals surface area (Å²) in [5.74, 6) is 0.864. The van der Waals surface area contributed by atoms with Crippen molar-refractivity contribution in [3.63, 3.8) is 0 Å². The number of amides is 1. The second-order valence-electron chi connectivity index (χ2n) is 4.74. The Kier molecular flexibility index (Phi) is 4.15. The predicted molar refractivity (Wildman–Crippen MR) is 68.6 cm³/mol. The summed E-state index contributed by atoms with van der Waals surface area (Å²) in [5.41, 5.74) is 7.28. The highest BCUT2D eigenvalue weighted by Gasteiger charge is 2.16. The van der Waals surface area contributed by atoms with E-state index in [4.69, 9.17) is 5.73 Å². The molecule has 0 bridgehead atoms. The first-order valence-corrected chi connectivity index (χ1v) is 6.37. The van der Waals surface area contributed by atoms with Crippen LogP contribution in [0.3, 0.4) is 0 Å². The molecule has 1 amide bonds. The van der Waals surface area contributed by atoms with Crippen LogP contribution in [0.4, 0.5) is 0 Å². The number of nitrogens with one attached hydrogen (secondary N) is 1. The summed E-state index contributed by atoms with van der Waals surface area (Å²) >= 11 is 0. The van der Waals surface area contributed by atoms with Crippen LogP contribution in [0, 0.1) is 5.92 Å². The van der Waals surface area contributed by atoms with E-state index < -0.39 is 0 Å². The van der Waals surface area contributed by atoms with E-state index in [0.717, 1.165) is 30.0 Å². The van der Waals surface area contributed by atoms with Gasteiger partial charge in [-0.3, -0.25) is 4.79 Å². The molecule has 0 spiro atoms. The van der Waals surface area contributed by atoms with Gasteiger partial charge in [0.15, 0.2) is 0 Å². The lowest BCUT2D eigenvalue weighted by atomic mass is 9.83. The quantitative estimate of drug-likeness (QED) is 0.816. The molecule has 0 saturated heterocycles. The first-order valence-electron chi connectivity index (χ1n) is 6.37. The molecule has 1 aromatic carbocycles. The molecule has 0 heterocycles. The number of carbonyl (C=O) groups is 1. The Morgan fingerprint density at radius 2 is 2.00 bits per heavy atom. The van der Waals surface area contributed by atoms with Crippen molar-refractivity contribution in [2.45, 2.75) is 32.2 Å². The van der Waals surface area contributed by atoms with Gasteiger partial charge in [0, 0.05) is 18.7 Å². The monoisotopic (exact) mass is 232 g/mol. The third kappa shape index (κ3) is 3.30. The minimum Gasteiger partial charge on any atom is -0.352 e. The number of rotatable bonds is 5. The standard InChI is InChI=1S/C14H20N2O/c15-10-12-4-6-13(7-5-12)14(17)16-9-8-11-2-1-3-11/h4-7,11H,1-3,8-10,15H2,(H,16,17). The van der Waals surface area contributed by atoms with Crippen LogP contribution in [-0.2, 0) is 6.54 Å². The van der Waals surface area contributed by atoms with E-state index in [2.05, 4.69) is 5.32 Å². The highest BCUT2D eigenvalue weighted by Crippen LogP contribution is 2.28. The fourth-order valence-electron chi connectivity index (χ4n) is 2.07. The highest BCUT2D eigenvalue weighted by molar-refractivity contribution is 5.94. The van der Waals surface area contributed by atoms with Crippen LogP contribution in [0.1, 0.15) is 41.6 Å². The first kappa shape index (κ1) is 12.1. The van der Waals surface area contributed by atoms with Crippen molar-refractivity contribution in [1.82, 2.24) is 5.32 Å². The van der Waals surface area contributed by atoms with Gasteiger partial charge in [-0.1, -0.05) is 31.4 Å². The smallest absolute Gasteiger partial charge is 0.251 e. The summed E-state index contributed by atoms with van der Waals surface area (Å²) in [6.45, 7) is 1.31. The SMILES string of the molecule is NCc1ccc(C(=O)NCCC2CCC2)cc1. The second kappa shape index (κ2) is 5.82. The van der Waals surface area contributed by atoms with Gasteiger partial charge in [-0.05, 0) is 30.0 Å². The van der Waals surface area contributed by atoms with Crippen molar-refractivity contribution in [3.8, 4) is 0 Å². The van der Waals surface area contributed by atoms with Gasteiger partial charge < -0.3 is 11.1 Å². The molecule has 1 fully saturated rings. The average Bonchev–Trinajstić information content (AvgIpc) is 2.32. The van der Waals surface area contributed by atoms with Crippen LogP contribution < -0.4 is 11.1 Å². The third-order valence-corrected chi connectivity index (χ3v) is 3.51. The molecule has 1 aliphatic rings. The summed E-state index contributed by atoms with van der Waals surface area (Å²) < 4.78 is 0. The highest BCUT2D eigenvalue weighted by atomic mass is 16.1. The Morgan fingerprint density at radius 1 is 1.29 bits per heavy atom. The molecule has 0 aliphatic heterocycles. The Morgan fingerprint density at radius 3 is 2.53 bits per heavy atom. The third-order valence-electron chi connectivity index (χ3n) is 3.51. The molecule has 1 aromatic rings. The molecule has 0 aromatic heterocycles. The van der Waals surface area contributed by atoms with Gasteiger partial charge >= 0.3 is 0 Å². The Labute approximate surface area is 102 Å². The van der Waals surface area contributed by atoms with E-state index >= 15 is 0 Å². The molecule has 0 unspecified atom stereocenters. The maximum Gasteiger partial charge on any atom is 0.251 e. The summed E-state index contributed by atoms with van der Waals surface area (Å²) in [6, 6.07) is 7.48. The van der Waals surface area contributed by atoms with E-state index in [-0.39, 0.29) is 5.91 Å². The van der Waals surface area contributed by atoms with E-state index in [0.29, 0.717) is 6.54 Å². The van der Waals surface area contributed by atoms with Gasteiger partial charge in [-0.15, -0.1) is 0 Å². The van der Waals surface area contributed by atoms with Crippen LogP contribution in [0.15, 0.2) is 24.3 Å². The topological polar surface area (TPSA) is 55.1 Å². The molecular weight excluding hydrogens is 212 g/mol. The molecule has 92 valence electrons. The van der Waals surface area contributed by atoms with Crippen LogP contribution in [-0.4, -0.2) is 12.5 Å². The summed E-state index contributed by atoms with van der Waals surface area (Å²) in [6.07, 6.45) is 5.15. The fourth-order valence-corrected chi connectivity index (χ4v) is 2.07. The zero-order chi connectivity index (χ0) is 12.1. The van der Waals surface area contributed by atoms with E-state index in [9.17, 15) is 4.79 Å². The van der Waals surface area contributed by atoms with E-state index in [1.165, 1.54) is 19.3 Å². The van der Waals surface area contributed by atoms with Crippen LogP contribution in [0.2, 0.25) is 0 Å². The molecular formula is C14H20N2O. The van der Waals surface area contributed by atoms with Crippen molar-refractivity contribution in [2.75, 3.05) is 6.54 Å². The lowest BCUT2D eigenvalue weighted by Gasteiger charge is -2.25. The van der Waals surface area contributed by atoms with Crippen molar-refractivity contribution in [2.24, 2.45) is 11.7 Å². The predicted octanol–water partition coefficient (Wildman–Crippen LogP) is 2.07. The van der Waals surface area contributed by atoms with Gasteiger partial charge in [-0.2, -0.15) is 0 Å². The first-order chi connectivity index (χ1) is 8.29. The van der Waals surface area contributed by atoms with Crippen LogP contribution in [0.25, 0.3) is 0 Å². The van der Waals surface area contributed by atoms with Gasteiger partial charge in [0.05, 0.1) is 0 Å². The van der Waals surface area contributed by atoms with E-state index in [1.54, 1.807) is 0 Å². The molecule has 2 rings (SSSR count).